The zero-order chi connectivity index (χ0) is 9.14. The van der Waals surface area contributed by atoms with Crippen molar-refractivity contribution in [1.82, 2.24) is 0 Å². The maximum Gasteiger partial charge on any atom is 0.0992 e. The smallest absolute Gasteiger partial charge is 0.0992 e. The highest BCUT2D eigenvalue weighted by atomic mass is 14.6. The molecule has 0 radical (unpaired) electrons. The SMILES string of the molecule is C[C@H](N)c1ccc(C#N)cc1N. The number of hydrogen-bond donors (Lipinski definition) is 2. The second-order valence-electron chi connectivity index (χ2n) is 2.74. The molecule has 0 aliphatic heterocycles. The van der Waals surface area contributed by atoms with Gasteiger partial charge in [-0.25, -0.2) is 0 Å². The van der Waals surface area contributed by atoms with Gasteiger partial charge in [0, 0.05) is 11.7 Å². The summed E-state index contributed by atoms with van der Waals surface area (Å²) >= 11 is 0. The Bertz CT molecular complexity index is 323. The molecule has 1 aromatic rings. The summed E-state index contributed by atoms with van der Waals surface area (Å²) in [5.74, 6) is 0. The molecule has 0 unspecified atom stereocenters. The number of nitrogens with two attached hydrogens (primary N) is 2. The molecule has 0 spiro atoms. The zero-order valence-electron chi connectivity index (χ0n) is 6.91. The van der Waals surface area contributed by atoms with Gasteiger partial charge in [-0.3, -0.25) is 0 Å². The van der Waals surface area contributed by atoms with Gasteiger partial charge in [0.1, 0.15) is 0 Å². The molecule has 0 aromatic heterocycles. The Labute approximate surface area is 71.6 Å². The van der Waals surface area contributed by atoms with Crippen LogP contribution in [0.15, 0.2) is 18.2 Å². The Morgan fingerprint density at radius 3 is 2.58 bits per heavy atom. The highest BCUT2D eigenvalue weighted by molar-refractivity contribution is 5.53. The van der Waals surface area contributed by atoms with Crippen molar-refractivity contribution in [3.05, 3.63) is 29.3 Å². The number of benzene rings is 1. The van der Waals surface area contributed by atoms with Crippen LogP contribution in [0.5, 0.6) is 0 Å². The van der Waals surface area contributed by atoms with Crippen molar-refractivity contribution < 1.29 is 0 Å². The summed E-state index contributed by atoms with van der Waals surface area (Å²) < 4.78 is 0. The first-order valence-corrected chi connectivity index (χ1v) is 3.70. The highest BCUT2D eigenvalue weighted by Crippen LogP contribution is 2.19. The lowest BCUT2D eigenvalue weighted by molar-refractivity contribution is 0.821. The minimum absolute atomic E-state index is 0.0854. The van der Waals surface area contributed by atoms with E-state index in [-0.39, 0.29) is 6.04 Å². The van der Waals surface area contributed by atoms with Crippen LogP contribution in [0.25, 0.3) is 0 Å². The fourth-order valence-electron chi connectivity index (χ4n) is 1.06. The number of nitriles is 1. The van der Waals surface area contributed by atoms with Crippen LogP contribution in [-0.2, 0) is 0 Å². The van der Waals surface area contributed by atoms with Crippen LogP contribution in [0.3, 0.4) is 0 Å². The van der Waals surface area contributed by atoms with Gasteiger partial charge in [-0.2, -0.15) is 5.26 Å². The van der Waals surface area contributed by atoms with E-state index in [1.165, 1.54) is 0 Å². The molecule has 3 heteroatoms. The van der Waals surface area contributed by atoms with Gasteiger partial charge in [0.25, 0.3) is 0 Å². The number of anilines is 1. The van der Waals surface area contributed by atoms with Crippen molar-refractivity contribution in [2.75, 3.05) is 5.73 Å². The van der Waals surface area contributed by atoms with Gasteiger partial charge in [0.05, 0.1) is 11.6 Å². The van der Waals surface area contributed by atoms with Gasteiger partial charge in [0.15, 0.2) is 0 Å². The van der Waals surface area contributed by atoms with E-state index in [9.17, 15) is 0 Å². The van der Waals surface area contributed by atoms with E-state index in [1.807, 2.05) is 13.0 Å². The molecule has 0 bridgehead atoms. The summed E-state index contributed by atoms with van der Waals surface area (Å²) in [4.78, 5) is 0. The highest BCUT2D eigenvalue weighted by Gasteiger charge is 2.03. The first-order valence-electron chi connectivity index (χ1n) is 3.70. The van der Waals surface area contributed by atoms with E-state index in [2.05, 4.69) is 0 Å². The van der Waals surface area contributed by atoms with E-state index >= 15 is 0 Å². The minimum atomic E-state index is -0.0854. The maximum absolute atomic E-state index is 8.55. The minimum Gasteiger partial charge on any atom is -0.398 e. The van der Waals surface area contributed by atoms with Gasteiger partial charge >= 0.3 is 0 Å². The first kappa shape index (κ1) is 8.57. The van der Waals surface area contributed by atoms with Gasteiger partial charge in [-0.1, -0.05) is 6.07 Å². The molecule has 0 aliphatic carbocycles. The monoisotopic (exact) mass is 161 g/mol. The molecule has 0 saturated carbocycles. The second-order valence-corrected chi connectivity index (χ2v) is 2.74. The van der Waals surface area contributed by atoms with Crippen LogP contribution in [0, 0.1) is 11.3 Å². The topological polar surface area (TPSA) is 75.8 Å². The Kier molecular flexibility index (Phi) is 2.32. The summed E-state index contributed by atoms with van der Waals surface area (Å²) in [5.41, 5.74) is 13.3. The van der Waals surface area contributed by atoms with E-state index in [1.54, 1.807) is 18.2 Å². The van der Waals surface area contributed by atoms with Gasteiger partial charge in [0.2, 0.25) is 0 Å². The van der Waals surface area contributed by atoms with Crippen molar-refractivity contribution >= 4 is 5.69 Å². The predicted molar refractivity (Wildman–Crippen MR) is 48.2 cm³/mol. The molecule has 0 fully saturated rings. The summed E-state index contributed by atoms with van der Waals surface area (Å²) in [7, 11) is 0. The Morgan fingerprint density at radius 1 is 1.50 bits per heavy atom. The van der Waals surface area contributed by atoms with E-state index in [0.717, 1.165) is 5.56 Å². The van der Waals surface area contributed by atoms with E-state index in [4.69, 9.17) is 16.7 Å². The average molecular weight is 161 g/mol. The molecule has 3 nitrogen and oxygen atoms in total. The Balaban J connectivity index is 3.14. The molecule has 4 N–H and O–H groups in total. The molecule has 1 aromatic carbocycles. The third-order valence-corrected chi connectivity index (χ3v) is 1.71. The Hall–Kier alpha value is -1.53. The average Bonchev–Trinajstić information content (AvgIpc) is 2.03. The van der Waals surface area contributed by atoms with Crippen LogP contribution < -0.4 is 11.5 Å². The first-order chi connectivity index (χ1) is 5.65. The van der Waals surface area contributed by atoms with Gasteiger partial charge in [-0.15, -0.1) is 0 Å². The largest absolute Gasteiger partial charge is 0.398 e. The van der Waals surface area contributed by atoms with Crippen molar-refractivity contribution in [2.45, 2.75) is 13.0 Å². The quantitative estimate of drug-likeness (QED) is 0.607. The van der Waals surface area contributed by atoms with Crippen molar-refractivity contribution in [1.29, 1.82) is 5.26 Å². The number of nitrogens with zero attached hydrogens (tertiary/aromatic N) is 1. The summed E-state index contributed by atoms with van der Waals surface area (Å²) in [5, 5.41) is 8.55. The molecule has 0 heterocycles. The van der Waals surface area contributed by atoms with Crippen LogP contribution in [0.4, 0.5) is 5.69 Å². The molecule has 0 aliphatic rings. The molecule has 12 heavy (non-hydrogen) atoms. The van der Waals surface area contributed by atoms with Gasteiger partial charge < -0.3 is 11.5 Å². The number of hydrogen-bond acceptors (Lipinski definition) is 3. The number of rotatable bonds is 1. The molecule has 0 amide bonds. The molecular formula is C9H11N3. The maximum atomic E-state index is 8.55. The van der Waals surface area contributed by atoms with Crippen molar-refractivity contribution in [3.8, 4) is 6.07 Å². The molecule has 62 valence electrons. The van der Waals surface area contributed by atoms with Crippen LogP contribution in [-0.4, -0.2) is 0 Å². The van der Waals surface area contributed by atoms with Crippen molar-refractivity contribution in [2.24, 2.45) is 5.73 Å². The van der Waals surface area contributed by atoms with E-state index in [0.29, 0.717) is 11.3 Å². The summed E-state index contributed by atoms with van der Waals surface area (Å²) in [6, 6.07) is 7.07. The van der Waals surface area contributed by atoms with Crippen LogP contribution in [0.2, 0.25) is 0 Å². The second kappa shape index (κ2) is 3.24. The Morgan fingerprint density at radius 2 is 2.17 bits per heavy atom. The zero-order valence-corrected chi connectivity index (χ0v) is 6.91. The predicted octanol–water partition coefficient (Wildman–Crippen LogP) is 1.16. The molecule has 1 rings (SSSR count). The lowest BCUT2D eigenvalue weighted by Gasteiger charge is -2.08. The third kappa shape index (κ3) is 1.55. The normalized spacial score (nSPS) is 12.1. The standard InChI is InChI=1S/C9H11N3/c1-6(11)8-3-2-7(5-10)4-9(8)12/h2-4,6H,11-12H2,1H3/t6-/m0/s1. The number of nitrogen functional groups attached to an aromatic ring is 1. The fourth-order valence-corrected chi connectivity index (χ4v) is 1.06. The van der Waals surface area contributed by atoms with Crippen LogP contribution >= 0.6 is 0 Å². The molecular weight excluding hydrogens is 150 g/mol. The van der Waals surface area contributed by atoms with Gasteiger partial charge in [-0.05, 0) is 24.6 Å². The fraction of sp³-hybridized carbons (Fsp3) is 0.222. The van der Waals surface area contributed by atoms with E-state index < -0.39 is 0 Å². The lowest BCUT2D eigenvalue weighted by Crippen LogP contribution is -2.08. The summed E-state index contributed by atoms with van der Waals surface area (Å²) in [6.07, 6.45) is 0. The van der Waals surface area contributed by atoms with Crippen LogP contribution in [0.1, 0.15) is 24.1 Å². The lowest BCUT2D eigenvalue weighted by atomic mass is 10.0. The summed E-state index contributed by atoms with van der Waals surface area (Å²) in [6.45, 7) is 1.86. The molecule has 1 atom stereocenters. The third-order valence-electron chi connectivity index (χ3n) is 1.71. The van der Waals surface area contributed by atoms with Crippen molar-refractivity contribution in [3.63, 3.8) is 0 Å². The molecule has 0 saturated heterocycles.